The molecule has 4 aliphatic carbocycles. The number of hydrogen-bond donors (Lipinski definition) is 2. The van der Waals surface area contributed by atoms with Gasteiger partial charge in [-0.1, -0.05) is 20.8 Å². The summed E-state index contributed by atoms with van der Waals surface area (Å²) in [6, 6.07) is 0. The van der Waals surface area contributed by atoms with Crippen LogP contribution in [0.25, 0.3) is 0 Å². The zero-order valence-corrected chi connectivity index (χ0v) is 20.3. The summed E-state index contributed by atoms with van der Waals surface area (Å²) in [6.45, 7) is 6.82. The van der Waals surface area contributed by atoms with Gasteiger partial charge in [-0.3, -0.25) is 14.1 Å². The smallest absolute Gasteiger partial charge is 0.397 e. The Labute approximate surface area is 191 Å². The number of rotatable bonds is 6. The Hall–Kier alpha value is -0.990. The number of ketones is 1. The first-order chi connectivity index (χ1) is 14.8. The van der Waals surface area contributed by atoms with Crippen molar-refractivity contribution in [3.8, 4) is 0 Å². The Morgan fingerprint density at radius 3 is 2.44 bits per heavy atom. The van der Waals surface area contributed by atoms with Crippen molar-refractivity contribution in [1.29, 1.82) is 0 Å². The van der Waals surface area contributed by atoms with Crippen LogP contribution in [0.3, 0.4) is 0 Å². The second-order valence-electron chi connectivity index (χ2n) is 11.7. The van der Waals surface area contributed by atoms with Crippen LogP contribution in [0.15, 0.2) is 0 Å². The molecule has 0 radical (unpaired) electrons. The van der Waals surface area contributed by atoms with Gasteiger partial charge in [-0.2, -0.15) is 8.42 Å². The lowest BCUT2D eigenvalue weighted by atomic mass is 9.44. The number of hydrogen-bond acceptors (Lipinski definition) is 5. The van der Waals surface area contributed by atoms with Crippen molar-refractivity contribution < 1.29 is 31.8 Å². The standard InChI is InChI=1S/C24H38O7S/c1-14(4-7-21(26)27)17-5-6-18-22-19(9-11-24(17,18)3)23(2)10-8-16(31-32(28,29)30)12-15(23)13-20(22)25/h14-19,22H,4-13H2,1-3H3,(H,26,27)(H,28,29,30)/t14-,15+,16-,17-,18+,19+,22+,23+,24-/m1/s1. The van der Waals surface area contributed by atoms with Gasteiger partial charge in [0.15, 0.2) is 0 Å². The minimum atomic E-state index is -4.48. The van der Waals surface area contributed by atoms with Crippen LogP contribution in [0, 0.1) is 46.3 Å². The molecule has 0 amide bonds. The number of aliphatic carboxylic acids is 1. The molecule has 4 saturated carbocycles. The monoisotopic (exact) mass is 470 g/mol. The SMILES string of the molecule is C[C@H](CCC(=O)O)[C@H]1CC[C@H]2[C@@H]3C(=O)C[C@@H]4C[C@H](OS(=O)(=O)O)CC[C@]4(C)[C@H]3CC[C@]12C. The van der Waals surface area contributed by atoms with E-state index in [0.29, 0.717) is 55.1 Å². The Kier molecular flexibility index (Phi) is 6.30. The van der Waals surface area contributed by atoms with Crippen LogP contribution in [0.1, 0.15) is 85.0 Å². The lowest BCUT2D eigenvalue weighted by Gasteiger charge is -2.60. The van der Waals surface area contributed by atoms with E-state index in [-0.39, 0.29) is 29.1 Å². The number of carboxylic acids is 1. The maximum absolute atomic E-state index is 13.5. The summed E-state index contributed by atoms with van der Waals surface area (Å²) in [5.74, 6) is 1.20. The molecule has 0 aromatic heterocycles. The van der Waals surface area contributed by atoms with Gasteiger partial charge >= 0.3 is 16.4 Å². The molecule has 4 aliphatic rings. The van der Waals surface area contributed by atoms with Crippen LogP contribution in [-0.2, 0) is 24.2 Å². The summed E-state index contributed by atoms with van der Waals surface area (Å²) in [5.41, 5.74) is 0.0786. The molecule has 8 heteroatoms. The predicted octanol–water partition coefficient (Wildman–Crippen LogP) is 4.51. The fraction of sp³-hybridized carbons (Fsp3) is 0.917. The fourth-order valence-electron chi connectivity index (χ4n) is 8.68. The number of Topliss-reactive ketones (excluding diaryl/α,β-unsaturated/α-hetero) is 1. The molecule has 7 nitrogen and oxygen atoms in total. The highest BCUT2D eigenvalue weighted by Gasteiger charge is 2.63. The molecule has 0 aliphatic heterocycles. The van der Waals surface area contributed by atoms with Crippen molar-refractivity contribution in [2.45, 2.75) is 91.1 Å². The van der Waals surface area contributed by atoms with Crippen LogP contribution in [0.4, 0.5) is 0 Å². The van der Waals surface area contributed by atoms with Gasteiger partial charge in [0.05, 0.1) is 6.10 Å². The zero-order valence-electron chi connectivity index (χ0n) is 19.5. The lowest BCUT2D eigenvalue weighted by Crippen LogP contribution is -2.57. The van der Waals surface area contributed by atoms with E-state index < -0.39 is 22.5 Å². The Morgan fingerprint density at radius 1 is 1.12 bits per heavy atom. The quantitative estimate of drug-likeness (QED) is 0.548. The third kappa shape index (κ3) is 4.16. The molecule has 0 bridgehead atoms. The average Bonchev–Trinajstić information content (AvgIpc) is 3.03. The second kappa shape index (κ2) is 8.35. The van der Waals surface area contributed by atoms with Crippen LogP contribution < -0.4 is 0 Å². The molecule has 0 aromatic rings. The fourth-order valence-corrected chi connectivity index (χ4v) is 9.20. The van der Waals surface area contributed by atoms with E-state index in [0.717, 1.165) is 32.1 Å². The van der Waals surface area contributed by atoms with E-state index in [1.54, 1.807) is 0 Å². The second-order valence-corrected chi connectivity index (χ2v) is 12.7. The summed E-state index contributed by atoms with van der Waals surface area (Å²) < 4.78 is 36.4. The van der Waals surface area contributed by atoms with Gasteiger partial charge in [0.2, 0.25) is 0 Å². The first-order valence-electron chi connectivity index (χ1n) is 12.3. The van der Waals surface area contributed by atoms with Crippen LogP contribution in [0.2, 0.25) is 0 Å². The van der Waals surface area contributed by atoms with Gasteiger partial charge in [-0.15, -0.1) is 0 Å². The molecule has 4 rings (SSSR count). The number of carbonyl (C=O) groups is 2. The predicted molar refractivity (Wildman–Crippen MR) is 118 cm³/mol. The van der Waals surface area contributed by atoms with Crippen molar-refractivity contribution in [3.63, 3.8) is 0 Å². The summed E-state index contributed by atoms with van der Waals surface area (Å²) in [5, 5.41) is 9.11. The first kappa shape index (κ1) is 24.1. The van der Waals surface area contributed by atoms with Gasteiger partial charge in [0.1, 0.15) is 5.78 Å². The average molecular weight is 471 g/mol. The van der Waals surface area contributed by atoms with E-state index >= 15 is 0 Å². The lowest BCUT2D eigenvalue weighted by molar-refractivity contribution is -0.160. The number of fused-ring (bicyclic) bond motifs is 5. The van der Waals surface area contributed by atoms with Crippen molar-refractivity contribution in [1.82, 2.24) is 0 Å². The highest BCUT2D eigenvalue weighted by Crippen LogP contribution is 2.67. The summed E-state index contributed by atoms with van der Waals surface area (Å²) in [4.78, 5) is 24.6. The summed E-state index contributed by atoms with van der Waals surface area (Å²) >= 11 is 0. The minimum Gasteiger partial charge on any atom is -0.481 e. The molecular formula is C24H38O7S. The maximum atomic E-state index is 13.5. The molecule has 32 heavy (non-hydrogen) atoms. The van der Waals surface area contributed by atoms with Gasteiger partial charge in [-0.05, 0) is 91.8 Å². The molecule has 0 spiro atoms. The van der Waals surface area contributed by atoms with Crippen molar-refractivity contribution in [2.24, 2.45) is 46.3 Å². The molecule has 9 atom stereocenters. The highest BCUT2D eigenvalue weighted by atomic mass is 32.3. The molecule has 4 fully saturated rings. The third-order valence-corrected chi connectivity index (χ3v) is 10.8. The third-order valence-electron chi connectivity index (χ3n) is 10.3. The molecule has 2 N–H and O–H groups in total. The molecule has 0 aromatic carbocycles. The summed E-state index contributed by atoms with van der Waals surface area (Å²) in [7, 11) is -4.48. The molecule has 182 valence electrons. The first-order valence-corrected chi connectivity index (χ1v) is 13.6. The van der Waals surface area contributed by atoms with Gasteiger partial charge in [0.25, 0.3) is 0 Å². The van der Waals surface area contributed by atoms with Crippen LogP contribution in [-0.4, -0.2) is 35.9 Å². The van der Waals surface area contributed by atoms with Gasteiger partial charge < -0.3 is 5.11 Å². The van der Waals surface area contributed by atoms with E-state index in [9.17, 15) is 18.0 Å². The minimum absolute atomic E-state index is 0.00794. The zero-order chi connectivity index (χ0) is 23.5. The van der Waals surface area contributed by atoms with Crippen molar-refractivity contribution in [3.05, 3.63) is 0 Å². The van der Waals surface area contributed by atoms with Crippen molar-refractivity contribution >= 4 is 22.2 Å². The number of carbonyl (C=O) groups excluding carboxylic acids is 1. The van der Waals surface area contributed by atoms with E-state index in [2.05, 4.69) is 20.8 Å². The molecule has 0 saturated heterocycles. The Morgan fingerprint density at radius 2 is 1.78 bits per heavy atom. The van der Waals surface area contributed by atoms with E-state index in [1.807, 2.05) is 0 Å². The largest absolute Gasteiger partial charge is 0.481 e. The highest BCUT2D eigenvalue weighted by molar-refractivity contribution is 7.80. The van der Waals surface area contributed by atoms with Gasteiger partial charge in [-0.25, -0.2) is 4.18 Å². The Balaban J connectivity index is 1.52. The van der Waals surface area contributed by atoms with Crippen LogP contribution >= 0.6 is 0 Å². The molecule has 0 unspecified atom stereocenters. The molecule has 0 heterocycles. The van der Waals surface area contributed by atoms with E-state index in [4.69, 9.17) is 13.8 Å². The normalized spacial score (nSPS) is 44.9. The Bertz CT molecular complexity index is 870. The van der Waals surface area contributed by atoms with E-state index in [1.165, 1.54) is 0 Å². The topological polar surface area (TPSA) is 118 Å². The van der Waals surface area contributed by atoms with Crippen LogP contribution in [0.5, 0.6) is 0 Å². The van der Waals surface area contributed by atoms with Gasteiger partial charge in [0, 0.05) is 18.8 Å². The maximum Gasteiger partial charge on any atom is 0.397 e. The molecular weight excluding hydrogens is 432 g/mol. The summed E-state index contributed by atoms with van der Waals surface area (Å²) in [6.07, 6.45) is 6.90. The van der Waals surface area contributed by atoms with Crippen molar-refractivity contribution in [2.75, 3.05) is 0 Å². The number of carboxylic acid groups (broad SMARTS) is 1.